The molecule has 0 unspecified atom stereocenters. The van der Waals surface area contributed by atoms with E-state index in [1.165, 1.54) is 13.0 Å². The molecule has 4 nitrogen and oxygen atoms in total. The third-order valence-electron chi connectivity index (χ3n) is 5.09. The van der Waals surface area contributed by atoms with Gasteiger partial charge in [-0.2, -0.15) is 0 Å². The molecule has 152 valence electrons. The molecule has 0 spiro atoms. The highest BCUT2D eigenvalue weighted by atomic mass is 79.9. The Hall–Kier alpha value is -3.06. The fourth-order valence-electron chi connectivity index (χ4n) is 3.17. The van der Waals surface area contributed by atoms with Gasteiger partial charge in [-0.25, -0.2) is 13.8 Å². The number of para-hydroxylation sites is 1. The lowest BCUT2D eigenvalue weighted by Crippen LogP contribution is -2.12. The van der Waals surface area contributed by atoms with E-state index in [-0.39, 0.29) is 22.6 Å². The van der Waals surface area contributed by atoms with Gasteiger partial charge < -0.3 is 9.72 Å². The molecule has 0 amide bonds. The average molecular weight is 471 g/mol. The molecular formula is C23H17BrF2N2O2. The van der Waals surface area contributed by atoms with Gasteiger partial charge in [0.05, 0.1) is 21.2 Å². The Labute approximate surface area is 179 Å². The number of aryl methyl sites for hydroxylation is 1. The molecule has 4 rings (SSSR count). The molecule has 0 saturated heterocycles. The van der Waals surface area contributed by atoms with Gasteiger partial charge in [-0.3, -0.25) is 4.79 Å². The maximum Gasteiger partial charge on any atom is 0.229 e. The van der Waals surface area contributed by atoms with E-state index in [4.69, 9.17) is 4.74 Å². The molecule has 0 saturated carbocycles. The van der Waals surface area contributed by atoms with Gasteiger partial charge in [-0.1, -0.05) is 18.2 Å². The van der Waals surface area contributed by atoms with Crippen LogP contribution in [0.2, 0.25) is 0 Å². The molecule has 0 atom stereocenters. The molecule has 0 bridgehead atoms. The number of rotatable bonds is 3. The maximum absolute atomic E-state index is 14.1. The van der Waals surface area contributed by atoms with Crippen LogP contribution in [0.1, 0.15) is 16.8 Å². The highest BCUT2D eigenvalue weighted by Gasteiger charge is 2.20. The molecule has 7 heteroatoms. The zero-order valence-corrected chi connectivity index (χ0v) is 18.0. The second-order valence-corrected chi connectivity index (χ2v) is 7.81. The van der Waals surface area contributed by atoms with Gasteiger partial charge in [0.15, 0.2) is 17.1 Å². The van der Waals surface area contributed by atoms with E-state index in [0.717, 1.165) is 11.5 Å². The summed E-state index contributed by atoms with van der Waals surface area (Å²) in [7, 11) is 0. The van der Waals surface area contributed by atoms with Crippen molar-refractivity contribution in [3.63, 3.8) is 0 Å². The lowest BCUT2D eigenvalue weighted by Gasteiger charge is -2.16. The molecule has 30 heavy (non-hydrogen) atoms. The molecule has 1 N–H and O–H groups in total. The van der Waals surface area contributed by atoms with Gasteiger partial charge >= 0.3 is 0 Å². The Morgan fingerprint density at radius 2 is 1.77 bits per heavy atom. The summed E-state index contributed by atoms with van der Waals surface area (Å²) in [5.41, 5.74) is 2.87. The summed E-state index contributed by atoms with van der Waals surface area (Å²) in [4.78, 5) is 20.4. The van der Waals surface area contributed by atoms with Crippen LogP contribution in [-0.2, 0) is 0 Å². The van der Waals surface area contributed by atoms with Gasteiger partial charge in [0.25, 0.3) is 0 Å². The minimum Gasteiger partial charge on any atom is -0.438 e. The van der Waals surface area contributed by atoms with E-state index in [1.807, 2.05) is 30.3 Å². The number of ether oxygens (including phenoxy) is 1. The molecule has 2 aromatic heterocycles. The van der Waals surface area contributed by atoms with Gasteiger partial charge in [0, 0.05) is 22.2 Å². The van der Waals surface area contributed by atoms with Crippen LogP contribution < -0.4 is 10.2 Å². The minimum atomic E-state index is -0.976. The van der Waals surface area contributed by atoms with Crippen LogP contribution in [-0.4, -0.2) is 9.97 Å². The van der Waals surface area contributed by atoms with Crippen LogP contribution in [0.5, 0.6) is 11.6 Å². The van der Waals surface area contributed by atoms with E-state index in [0.29, 0.717) is 32.5 Å². The Bertz CT molecular complexity index is 1370. The highest BCUT2D eigenvalue weighted by Crippen LogP contribution is 2.37. The van der Waals surface area contributed by atoms with E-state index in [9.17, 15) is 13.6 Å². The summed E-state index contributed by atoms with van der Waals surface area (Å²) >= 11 is 3.38. The minimum absolute atomic E-state index is 0.0311. The Balaban J connectivity index is 1.99. The number of nitrogens with one attached hydrogen (secondary N) is 1. The van der Waals surface area contributed by atoms with E-state index < -0.39 is 11.6 Å². The predicted molar refractivity (Wildman–Crippen MR) is 116 cm³/mol. The number of benzene rings is 2. The molecule has 0 aliphatic heterocycles. The lowest BCUT2D eigenvalue weighted by molar-refractivity contribution is 0.444. The summed E-state index contributed by atoms with van der Waals surface area (Å²) in [6, 6.07) is 11.6. The number of aromatic amines is 1. The zero-order chi connectivity index (χ0) is 21.6. The number of halogens is 3. The normalized spacial score (nSPS) is 11.1. The second kappa shape index (κ2) is 7.65. The standard InChI is InChI=1S/C23H17BrF2N2O2/c1-11-13(3)27-21(19(24)22(11)29)15-10-14-6-4-5-7-17(14)28-23(15)30-18-9-8-16(25)20(26)12(18)2/h4-10H,1-3H3,(H,27,29). The van der Waals surface area contributed by atoms with E-state index >= 15 is 0 Å². The SMILES string of the molecule is Cc1[nH]c(-c2cc3ccccc3nc2Oc2ccc(F)c(F)c2C)c(Br)c(=O)c1C. The van der Waals surface area contributed by atoms with Crippen molar-refractivity contribution in [2.75, 3.05) is 0 Å². The van der Waals surface area contributed by atoms with Crippen LogP contribution in [0.4, 0.5) is 8.78 Å². The Kier molecular flexibility index (Phi) is 5.15. The first-order chi connectivity index (χ1) is 14.3. The fraction of sp³-hybridized carbons (Fsp3) is 0.130. The molecular weight excluding hydrogens is 454 g/mol. The van der Waals surface area contributed by atoms with Crippen molar-refractivity contribution in [3.8, 4) is 22.9 Å². The fourth-order valence-corrected chi connectivity index (χ4v) is 3.78. The molecule has 0 aliphatic carbocycles. The van der Waals surface area contributed by atoms with E-state index in [1.54, 1.807) is 13.8 Å². The number of nitrogens with zero attached hydrogens (tertiary/aromatic N) is 1. The summed E-state index contributed by atoms with van der Waals surface area (Å²) in [6.45, 7) is 4.98. The second-order valence-electron chi connectivity index (χ2n) is 7.01. The monoisotopic (exact) mass is 470 g/mol. The van der Waals surface area contributed by atoms with Crippen molar-refractivity contribution in [3.05, 3.63) is 85.6 Å². The predicted octanol–water partition coefficient (Wildman–Crippen LogP) is 6.35. The first-order valence-corrected chi connectivity index (χ1v) is 9.98. The van der Waals surface area contributed by atoms with Gasteiger partial charge in [0.2, 0.25) is 5.88 Å². The number of H-pyrrole nitrogens is 1. The summed E-state index contributed by atoms with van der Waals surface area (Å²) in [5, 5.41) is 0.841. The van der Waals surface area contributed by atoms with Crippen LogP contribution in [0.25, 0.3) is 22.2 Å². The highest BCUT2D eigenvalue weighted by molar-refractivity contribution is 9.10. The number of hydrogen-bond donors (Lipinski definition) is 1. The smallest absolute Gasteiger partial charge is 0.229 e. The summed E-state index contributed by atoms with van der Waals surface area (Å²) in [5.74, 6) is -1.62. The molecule has 0 fully saturated rings. The van der Waals surface area contributed by atoms with Crippen molar-refractivity contribution in [1.29, 1.82) is 0 Å². The Morgan fingerprint density at radius 3 is 2.53 bits per heavy atom. The summed E-state index contributed by atoms with van der Waals surface area (Å²) in [6.07, 6.45) is 0. The van der Waals surface area contributed by atoms with Crippen LogP contribution in [0.3, 0.4) is 0 Å². The largest absolute Gasteiger partial charge is 0.438 e. The van der Waals surface area contributed by atoms with Gasteiger partial charge in [-0.05, 0) is 61.0 Å². The topological polar surface area (TPSA) is 55.0 Å². The number of aromatic nitrogens is 2. The maximum atomic E-state index is 14.1. The van der Waals surface area contributed by atoms with Crippen LogP contribution >= 0.6 is 15.9 Å². The summed E-state index contributed by atoms with van der Waals surface area (Å²) < 4.78 is 33.9. The van der Waals surface area contributed by atoms with Crippen molar-refractivity contribution < 1.29 is 13.5 Å². The van der Waals surface area contributed by atoms with Crippen molar-refractivity contribution in [2.24, 2.45) is 0 Å². The molecule has 4 aromatic rings. The van der Waals surface area contributed by atoms with Crippen molar-refractivity contribution in [1.82, 2.24) is 9.97 Å². The molecule has 0 aliphatic rings. The van der Waals surface area contributed by atoms with Crippen molar-refractivity contribution in [2.45, 2.75) is 20.8 Å². The zero-order valence-electron chi connectivity index (χ0n) is 16.4. The number of hydrogen-bond acceptors (Lipinski definition) is 3. The Morgan fingerprint density at radius 1 is 1.03 bits per heavy atom. The first-order valence-electron chi connectivity index (χ1n) is 9.19. The van der Waals surface area contributed by atoms with Crippen molar-refractivity contribution >= 4 is 26.8 Å². The van der Waals surface area contributed by atoms with Crippen LogP contribution in [0.15, 0.2) is 51.7 Å². The number of fused-ring (bicyclic) bond motifs is 1. The molecule has 2 aromatic carbocycles. The average Bonchev–Trinajstić information content (AvgIpc) is 2.74. The molecule has 2 heterocycles. The van der Waals surface area contributed by atoms with Gasteiger partial charge in [0.1, 0.15) is 5.75 Å². The quantitative estimate of drug-likeness (QED) is 0.379. The molecule has 0 radical (unpaired) electrons. The third-order valence-corrected chi connectivity index (χ3v) is 5.85. The van der Waals surface area contributed by atoms with E-state index in [2.05, 4.69) is 25.9 Å². The first kappa shape index (κ1) is 20.2. The third kappa shape index (κ3) is 3.39. The lowest BCUT2D eigenvalue weighted by atomic mass is 10.1. The van der Waals surface area contributed by atoms with Gasteiger partial charge in [-0.15, -0.1) is 0 Å². The van der Waals surface area contributed by atoms with Crippen LogP contribution in [0, 0.1) is 32.4 Å². The number of pyridine rings is 2.